The van der Waals surface area contributed by atoms with E-state index >= 15 is 0 Å². The molecule has 2 aliphatic rings. The van der Waals surface area contributed by atoms with Crippen LogP contribution in [0.2, 0.25) is 0 Å². The molecule has 1 atom stereocenters. The third kappa shape index (κ3) is 4.65. The Labute approximate surface area is 178 Å². The van der Waals surface area contributed by atoms with E-state index in [1.54, 1.807) is 12.1 Å². The van der Waals surface area contributed by atoms with Crippen LogP contribution in [0.4, 0.5) is 11.4 Å². The van der Waals surface area contributed by atoms with Crippen molar-refractivity contribution in [3.63, 3.8) is 0 Å². The first-order chi connectivity index (χ1) is 14.6. The van der Waals surface area contributed by atoms with Gasteiger partial charge in [-0.3, -0.25) is 14.5 Å². The number of likely N-dealkylation sites (tertiary alicyclic amines) is 1. The van der Waals surface area contributed by atoms with Gasteiger partial charge in [-0.15, -0.1) is 0 Å². The lowest BCUT2D eigenvalue weighted by Gasteiger charge is -2.35. The Kier molecular flexibility index (Phi) is 6.33. The van der Waals surface area contributed by atoms with E-state index in [1.165, 1.54) is 36.1 Å². The van der Waals surface area contributed by atoms with Crippen molar-refractivity contribution in [1.82, 2.24) is 10.2 Å². The van der Waals surface area contributed by atoms with Crippen LogP contribution in [0.1, 0.15) is 36.4 Å². The number of likely N-dealkylation sites (N-methyl/N-ethyl adjacent to an activating group) is 1. The fourth-order valence-electron chi connectivity index (χ4n) is 4.46. The number of fused-ring (bicyclic) bond motifs is 1. The van der Waals surface area contributed by atoms with Crippen molar-refractivity contribution in [2.24, 2.45) is 0 Å². The molecule has 4 rings (SSSR count). The van der Waals surface area contributed by atoms with Gasteiger partial charge in [-0.05, 0) is 61.7 Å². The van der Waals surface area contributed by atoms with Gasteiger partial charge in [0.2, 0.25) is 0 Å². The number of benzene rings is 2. The number of para-hydroxylation sites is 1. The van der Waals surface area contributed by atoms with E-state index in [1.807, 2.05) is 18.2 Å². The average Bonchev–Trinajstić information content (AvgIpc) is 3.15. The number of piperidine rings is 1. The molecule has 2 aliphatic heterocycles. The molecule has 0 aromatic heterocycles. The maximum atomic E-state index is 12.4. The topological polar surface area (TPSA) is 64.7 Å². The summed E-state index contributed by atoms with van der Waals surface area (Å²) in [5.41, 5.74) is 4.50. The Morgan fingerprint density at radius 1 is 0.967 bits per heavy atom. The molecule has 0 aliphatic carbocycles. The van der Waals surface area contributed by atoms with E-state index in [0.29, 0.717) is 12.2 Å². The van der Waals surface area contributed by atoms with Gasteiger partial charge in [-0.1, -0.05) is 36.8 Å². The third-order valence-corrected chi connectivity index (χ3v) is 6.14. The van der Waals surface area contributed by atoms with Crippen molar-refractivity contribution in [3.05, 3.63) is 59.7 Å². The van der Waals surface area contributed by atoms with Crippen LogP contribution in [0.15, 0.2) is 48.5 Å². The Morgan fingerprint density at radius 2 is 1.73 bits per heavy atom. The molecule has 0 bridgehead atoms. The van der Waals surface area contributed by atoms with Crippen molar-refractivity contribution in [3.8, 4) is 0 Å². The van der Waals surface area contributed by atoms with Crippen molar-refractivity contribution in [2.45, 2.75) is 31.7 Å². The van der Waals surface area contributed by atoms with E-state index in [0.717, 1.165) is 26.1 Å². The zero-order valence-corrected chi connectivity index (χ0v) is 17.6. The van der Waals surface area contributed by atoms with Gasteiger partial charge < -0.3 is 15.5 Å². The molecule has 2 aromatic carbocycles. The molecule has 6 nitrogen and oxygen atoms in total. The molecule has 1 saturated heterocycles. The first kappa shape index (κ1) is 20.4. The van der Waals surface area contributed by atoms with Crippen molar-refractivity contribution in [1.29, 1.82) is 0 Å². The average molecular weight is 407 g/mol. The molecule has 158 valence electrons. The van der Waals surface area contributed by atoms with Gasteiger partial charge >= 0.3 is 11.8 Å². The zero-order chi connectivity index (χ0) is 20.9. The number of rotatable bonds is 5. The number of amides is 2. The monoisotopic (exact) mass is 406 g/mol. The Morgan fingerprint density at radius 3 is 2.50 bits per heavy atom. The Balaban J connectivity index is 1.45. The summed E-state index contributed by atoms with van der Waals surface area (Å²) in [4.78, 5) is 29.5. The molecule has 0 saturated carbocycles. The fraction of sp³-hybridized carbons (Fsp3) is 0.417. The van der Waals surface area contributed by atoms with Crippen LogP contribution in [0.5, 0.6) is 0 Å². The van der Waals surface area contributed by atoms with Gasteiger partial charge in [0.25, 0.3) is 0 Å². The van der Waals surface area contributed by atoms with Crippen molar-refractivity contribution < 1.29 is 9.59 Å². The van der Waals surface area contributed by atoms with Gasteiger partial charge in [-0.2, -0.15) is 0 Å². The molecule has 6 heteroatoms. The van der Waals surface area contributed by atoms with E-state index in [-0.39, 0.29) is 6.04 Å². The Hall–Kier alpha value is -2.86. The maximum Gasteiger partial charge on any atom is 0.313 e. The van der Waals surface area contributed by atoms with Crippen LogP contribution in [-0.4, -0.2) is 49.9 Å². The van der Waals surface area contributed by atoms with E-state index in [2.05, 4.69) is 45.7 Å². The SMILES string of the molecule is CN1CCc2cc(C(CNC(=O)C(=O)Nc3ccccc3)N3CCCCC3)ccc21. The summed E-state index contributed by atoms with van der Waals surface area (Å²) in [6, 6.07) is 15.8. The summed E-state index contributed by atoms with van der Waals surface area (Å²) in [6.07, 6.45) is 4.65. The zero-order valence-electron chi connectivity index (χ0n) is 17.6. The summed E-state index contributed by atoms with van der Waals surface area (Å²) in [7, 11) is 2.12. The first-order valence-corrected chi connectivity index (χ1v) is 10.8. The normalized spacial score (nSPS) is 17.3. The Bertz CT molecular complexity index is 893. The molecular formula is C24H30N4O2. The van der Waals surface area contributed by atoms with E-state index < -0.39 is 11.8 Å². The second-order valence-corrected chi connectivity index (χ2v) is 8.20. The fourth-order valence-corrected chi connectivity index (χ4v) is 4.46. The largest absolute Gasteiger partial charge is 0.374 e. The number of carbonyl (C=O) groups is 2. The van der Waals surface area contributed by atoms with E-state index in [9.17, 15) is 9.59 Å². The highest BCUT2D eigenvalue weighted by Crippen LogP contribution is 2.32. The van der Waals surface area contributed by atoms with Gasteiger partial charge in [0.15, 0.2) is 0 Å². The number of hydrogen-bond acceptors (Lipinski definition) is 4. The quantitative estimate of drug-likeness (QED) is 0.750. The molecular weight excluding hydrogens is 376 g/mol. The summed E-state index contributed by atoms with van der Waals surface area (Å²) in [5.74, 6) is -1.23. The second-order valence-electron chi connectivity index (χ2n) is 8.20. The van der Waals surface area contributed by atoms with Crippen LogP contribution in [-0.2, 0) is 16.0 Å². The number of carbonyl (C=O) groups excluding carboxylic acids is 2. The molecule has 1 fully saturated rings. The minimum Gasteiger partial charge on any atom is -0.374 e. The predicted octanol–water partition coefficient (Wildman–Crippen LogP) is 2.96. The van der Waals surface area contributed by atoms with Crippen LogP contribution >= 0.6 is 0 Å². The molecule has 2 amide bonds. The van der Waals surface area contributed by atoms with Gasteiger partial charge in [-0.25, -0.2) is 0 Å². The lowest BCUT2D eigenvalue weighted by molar-refractivity contribution is -0.136. The van der Waals surface area contributed by atoms with Gasteiger partial charge in [0, 0.05) is 31.5 Å². The molecule has 30 heavy (non-hydrogen) atoms. The number of nitrogens with one attached hydrogen (secondary N) is 2. The van der Waals surface area contributed by atoms with Crippen molar-refractivity contribution in [2.75, 3.05) is 43.4 Å². The summed E-state index contributed by atoms with van der Waals surface area (Å²) in [6.45, 7) is 3.51. The molecule has 2 N–H and O–H groups in total. The lowest BCUT2D eigenvalue weighted by atomic mass is 9.98. The minimum atomic E-state index is -0.630. The summed E-state index contributed by atoms with van der Waals surface area (Å²) >= 11 is 0. The molecule has 0 radical (unpaired) electrons. The lowest BCUT2D eigenvalue weighted by Crippen LogP contribution is -2.43. The molecule has 2 heterocycles. The highest BCUT2D eigenvalue weighted by atomic mass is 16.2. The smallest absolute Gasteiger partial charge is 0.313 e. The van der Waals surface area contributed by atoms with Crippen LogP contribution in [0.25, 0.3) is 0 Å². The number of nitrogens with zero attached hydrogens (tertiary/aromatic N) is 2. The predicted molar refractivity (Wildman–Crippen MR) is 120 cm³/mol. The summed E-state index contributed by atoms with van der Waals surface area (Å²) < 4.78 is 0. The van der Waals surface area contributed by atoms with Gasteiger partial charge in [0.1, 0.15) is 0 Å². The highest BCUT2D eigenvalue weighted by Gasteiger charge is 2.26. The van der Waals surface area contributed by atoms with Crippen LogP contribution in [0, 0.1) is 0 Å². The summed E-state index contributed by atoms with van der Waals surface area (Å²) in [5, 5.41) is 5.53. The third-order valence-electron chi connectivity index (χ3n) is 6.14. The highest BCUT2D eigenvalue weighted by molar-refractivity contribution is 6.39. The minimum absolute atomic E-state index is 0.0787. The van der Waals surface area contributed by atoms with Gasteiger partial charge in [0.05, 0.1) is 6.04 Å². The standard InChI is InChI=1S/C24H30N4O2/c1-27-15-12-19-16-18(10-11-21(19)27)22(28-13-6-3-7-14-28)17-25-23(29)24(30)26-20-8-4-2-5-9-20/h2,4-5,8-11,16,22H,3,6-7,12-15,17H2,1H3,(H,25,29)(H,26,30). The van der Waals surface area contributed by atoms with Crippen LogP contribution in [0.3, 0.4) is 0 Å². The maximum absolute atomic E-state index is 12.4. The van der Waals surface area contributed by atoms with E-state index in [4.69, 9.17) is 0 Å². The number of hydrogen-bond donors (Lipinski definition) is 2. The van der Waals surface area contributed by atoms with Crippen LogP contribution < -0.4 is 15.5 Å². The molecule has 1 unspecified atom stereocenters. The van der Waals surface area contributed by atoms with Crippen molar-refractivity contribution >= 4 is 23.2 Å². The molecule has 0 spiro atoms. The molecule has 2 aromatic rings. The number of anilines is 2. The first-order valence-electron chi connectivity index (χ1n) is 10.8. The second kappa shape index (κ2) is 9.30.